The Morgan fingerprint density at radius 1 is 1.20 bits per heavy atom. The van der Waals surface area contributed by atoms with Crippen molar-refractivity contribution >= 4 is 28.2 Å². The number of piperidine rings is 1. The molecule has 3 atom stereocenters. The Kier molecular flexibility index (Phi) is 4.81. The summed E-state index contributed by atoms with van der Waals surface area (Å²) in [5.74, 6) is -0.935. The summed E-state index contributed by atoms with van der Waals surface area (Å²) >= 11 is 0. The number of amides is 4. The second-order valence-corrected chi connectivity index (χ2v) is 7.14. The van der Waals surface area contributed by atoms with Gasteiger partial charge in [0.15, 0.2) is 0 Å². The third kappa shape index (κ3) is 3.84. The summed E-state index contributed by atoms with van der Waals surface area (Å²) in [7, 11) is -4.83. The van der Waals surface area contributed by atoms with Crippen molar-refractivity contribution in [1.82, 2.24) is 26.1 Å². The Balaban J connectivity index is 1.57. The molecule has 4 amide bonds. The van der Waals surface area contributed by atoms with Crippen molar-refractivity contribution in [3.05, 3.63) is 0 Å². The van der Waals surface area contributed by atoms with Crippen LogP contribution in [-0.2, 0) is 24.3 Å². The maximum absolute atomic E-state index is 12.3. The van der Waals surface area contributed by atoms with Gasteiger partial charge in [-0.2, -0.15) is 13.5 Å². The lowest BCUT2D eigenvalue weighted by Gasteiger charge is -2.29. The minimum atomic E-state index is -4.83. The molecule has 3 saturated heterocycles. The molecule has 3 fully saturated rings. The van der Waals surface area contributed by atoms with Gasteiger partial charge in [0.1, 0.15) is 6.04 Å². The van der Waals surface area contributed by atoms with Crippen LogP contribution in [0.5, 0.6) is 0 Å². The van der Waals surface area contributed by atoms with Crippen LogP contribution >= 0.6 is 0 Å². The van der Waals surface area contributed by atoms with Gasteiger partial charge in [-0.15, -0.1) is 4.28 Å². The molecule has 3 aliphatic rings. The highest BCUT2D eigenvalue weighted by Gasteiger charge is 2.49. The standard InChI is InChI=1S/C12H19N5O7S/c18-10(8-2-1-5-13-8)14-15-11(19)9-4-3-7-6-16(9)12(20)17(7)24-25(21,22)23/h7-9,13H,1-6H2,(H,14,18)(H,15,19)(H,21,22,23)/t7-,8+,9-/m0/s1. The first kappa shape index (κ1) is 17.8. The number of carbonyl (C=O) groups excluding carboxylic acids is 3. The summed E-state index contributed by atoms with van der Waals surface area (Å²) in [4.78, 5) is 37.5. The van der Waals surface area contributed by atoms with Crippen LogP contribution in [0.15, 0.2) is 0 Å². The van der Waals surface area contributed by atoms with Crippen LogP contribution in [-0.4, -0.2) is 72.0 Å². The first-order chi connectivity index (χ1) is 11.8. The zero-order chi connectivity index (χ0) is 18.2. The predicted molar refractivity (Wildman–Crippen MR) is 80.7 cm³/mol. The molecule has 3 rings (SSSR count). The van der Waals surface area contributed by atoms with E-state index in [9.17, 15) is 22.8 Å². The third-order valence-corrected chi connectivity index (χ3v) is 4.83. The molecule has 140 valence electrons. The van der Waals surface area contributed by atoms with Crippen molar-refractivity contribution in [1.29, 1.82) is 0 Å². The number of hydrazine groups is 1. The summed E-state index contributed by atoms with van der Waals surface area (Å²) < 4.78 is 34.7. The first-order valence-corrected chi connectivity index (χ1v) is 9.23. The highest BCUT2D eigenvalue weighted by atomic mass is 32.3. The fourth-order valence-corrected chi connectivity index (χ4v) is 3.69. The predicted octanol–water partition coefficient (Wildman–Crippen LogP) is -2.11. The van der Waals surface area contributed by atoms with E-state index in [-0.39, 0.29) is 24.9 Å². The van der Waals surface area contributed by atoms with Crippen LogP contribution in [0.4, 0.5) is 4.79 Å². The number of hydrogen-bond donors (Lipinski definition) is 4. The molecule has 3 heterocycles. The lowest BCUT2D eigenvalue weighted by Crippen LogP contribution is -2.56. The number of urea groups is 1. The topological polar surface area (TPSA) is 157 Å². The van der Waals surface area contributed by atoms with Crippen LogP contribution in [0.2, 0.25) is 0 Å². The van der Waals surface area contributed by atoms with E-state index >= 15 is 0 Å². The summed E-state index contributed by atoms with van der Waals surface area (Å²) in [5, 5.41) is 3.55. The van der Waals surface area contributed by atoms with Crippen molar-refractivity contribution in [3.8, 4) is 0 Å². The van der Waals surface area contributed by atoms with E-state index in [4.69, 9.17) is 4.55 Å². The second-order valence-electron chi connectivity index (χ2n) is 6.14. The van der Waals surface area contributed by atoms with Gasteiger partial charge in [0.05, 0.1) is 12.1 Å². The van der Waals surface area contributed by atoms with E-state index in [2.05, 4.69) is 20.5 Å². The average molecular weight is 377 g/mol. The van der Waals surface area contributed by atoms with E-state index in [1.165, 1.54) is 0 Å². The lowest BCUT2D eigenvalue weighted by molar-refractivity contribution is -0.132. The Hall–Kier alpha value is -1.96. The van der Waals surface area contributed by atoms with Crippen molar-refractivity contribution < 1.29 is 31.6 Å². The third-order valence-electron chi connectivity index (χ3n) is 4.49. The lowest BCUT2D eigenvalue weighted by atomic mass is 10.0. The normalized spacial score (nSPS) is 29.0. The molecule has 0 unspecified atom stereocenters. The smallest absolute Gasteiger partial charge is 0.309 e. The van der Waals surface area contributed by atoms with Crippen LogP contribution in [0.1, 0.15) is 25.7 Å². The van der Waals surface area contributed by atoms with E-state index in [1.807, 2.05) is 0 Å². The van der Waals surface area contributed by atoms with Crippen LogP contribution in [0, 0.1) is 0 Å². The Labute approximate surface area is 143 Å². The van der Waals surface area contributed by atoms with Crippen molar-refractivity contribution in [3.63, 3.8) is 0 Å². The Bertz CT molecular complexity index is 677. The molecule has 12 nitrogen and oxygen atoms in total. The molecule has 25 heavy (non-hydrogen) atoms. The minimum Gasteiger partial charge on any atom is -0.309 e. The molecule has 0 aromatic carbocycles. The van der Waals surface area contributed by atoms with Gasteiger partial charge in [0, 0.05) is 6.54 Å². The number of rotatable bonds is 4. The van der Waals surface area contributed by atoms with Gasteiger partial charge < -0.3 is 10.2 Å². The van der Waals surface area contributed by atoms with Gasteiger partial charge in [-0.3, -0.25) is 25.0 Å². The number of nitrogens with zero attached hydrogens (tertiary/aromatic N) is 2. The summed E-state index contributed by atoms with van der Waals surface area (Å²) in [6, 6.07) is -2.63. The minimum absolute atomic E-state index is 0.0879. The van der Waals surface area contributed by atoms with Gasteiger partial charge in [-0.1, -0.05) is 0 Å². The maximum atomic E-state index is 12.3. The molecule has 0 radical (unpaired) electrons. The Morgan fingerprint density at radius 2 is 1.92 bits per heavy atom. The number of hydrogen-bond acceptors (Lipinski definition) is 7. The van der Waals surface area contributed by atoms with Crippen molar-refractivity contribution in [2.45, 2.75) is 43.8 Å². The summed E-state index contributed by atoms with van der Waals surface area (Å²) in [6.45, 7) is 0.826. The monoisotopic (exact) mass is 377 g/mol. The van der Waals surface area contributed by atoms with Crippen LogP contribution in [0.25, 0.3) is 0 Å². The fraction of sp³-hybridized carbons (Fsp3) is 0.750. The molecule has 4 N–H and O–H groups in total. The van der Waals surface area contributed by atoms with Gasteiger partial charge in [0.2, 0.25) is 0 Å². The SMILES string of the molecule is O=C(NNC(=O)[C@@H]1CC[C@H]2CN1C(=O)N2OS(=O)(=O)O)[C@H]1CCCN1. The molecule has 13 heteroatoms. The number of nitrogens with one attached hydrogen (secondary N) is 3. The van der Waals surface area contributed by atoms with E-state index in [0.29, 0.717) is 17.9 Å². The molecular formula is C12H19N5O7S. The zero-order valence-electron chi connectivity index (χ0n) is 13.2. The summed E-state index contributed by atoms with van der Waals surface area (Å²) in [5.41, 5.74) is 4.62. The molecule has 0 aromatic rings. The van der Waals surface area contributed by atoms with Gasteiger partial charge in [-0.25, -0.2) is 4.79 Å². The van der Waals surface area contributed by atoms with Crippen molar-refractivity contribution in [2.24, 2.45) is 0 Å². The van der Waals surface area contributed by atoms with Gasteiger partial charge in [-0.05, 0) is 32.2 Å². The molecule has 2 bridgehead atoms. The quantitative estimate of drug-likeness (QED) is 0.320. The van der Waals surface area contributed by atoms with E-state index in [0.717, 1.165) is 17.9 Å². The number of fused-ring (bicyclic) bond motifs is 2. The fourth-order valence-electron chi connectivity index (χ4n) is 3.31. The average Bonchev–Trinajstić information content (AvgIpc) is 3.16. The van der Waals surface area contributed by atoms with E-state index < -0.39 is 34.4 Å². The van der Waals surface area contributed by atoms with Gasteiger partial charge in [0.25, 0.3) is 11.8 Å². The van der Waals surface area contributed by atoms with Gasteiger partial charge >= 0.3 is 16.4 Å². The van der Waals surface area contributed by atoms with Crippen molar-refractivity contribution in [2.75, 3.05) is 13.1 Å². The molecule has 0 aliphatic carbocycles. The van der Waals surface area contributed by atoms with Crippen LogP contribution in [0.3, 0.4) is 0 Å². The Morgan fingerprint density at radius 3 is 2.56 bits per heavy atom. The molecule has 3 aliphatic heterocycles. The highest BCUT2D eigenvalue weighted by molar-refractivity contribution is 7.80. The van der Waals surface area contributed by atoms with E-state index in [1.54, 1.807) is 0 Å². The zero-order valence-corrected chi connectivity index (χ0v) is 14.0. The summed E-state index contributed by atoms with van der Waals surface area (Å²) in [6.07, 6.45) is 2.14. The molecule has 0 aromatic heterocycles. The second kappa shape index (κ2) is 6.74. The number of hydroxylamine groups is 2. The number of carbonyl (C=O) groups is 3. The highest BCUT2D eigenvalue weighted by Crippen LogP contribution is 2.30. The molecule has 0 spiro atoms. The molecular weight excluding hydrogens is 358 g/mol. The maximum Gasteiger partial charge on any atom is 0.418 e. The van der Waals surface area contributed by atoms with Crippen LogP contribution < -0.4 is 16.2 Å². The molecule has 0 saturated carbocycles. The largest absolute Gasteiger partial charge is 0.418 e. The first-order valence-electron chi connectivity index (χ1n) is 7.86.